The highest BCUT2D eigenvalue weighted by atomic mass is 16.5. The summed E-state index contributed by atoms with van der Waals surface area (Å²) >= 11 is 0. The molecule has 4 N–H and O–H groups in total. The number of fused-ring (bicyclic) bond motifs is 1. The van der Waals surface area contributed by atoms with Crippen LogP contribution in [0.4, 0.5) is 5.69 Å². The fourth-order valence-corrected chi connectivity index (χ4v) is 3.71. The molecule has 0 saturated heterocycles. The lowest BCUT2D eigenvalue weighted by Gasteiger charge is -2.22. The van der Waals surface area contributed by atoms with Crippen molar-refractivity contribution in [3.8, 4) is 0 Å². The third kappa shape index (κ3) is 5.08. The Morgan fingerprint density at radius 2 is 2.00 bits per heavy atom. The third-order valence-electron chi connectivity index (χ3n) is 4.87. The number of rotatable bonds is 9. The van der Waals surface area contributed by atoms with E-state index in [1.54, 1.807) is 0 Å². The zero-order chi connectivity index (χ0) is 19.2. The Balaban J connectivity index is 1.59. The second kappa shape index (κ2) is 9.02. The van der Waals surface area contributed by atoms with E-state index in [9.17, 15) is 4.79 Å². The van der Waals surface area contributed by atoms with Crippen molar-refractivity contribution in [2.24, 2.45) is 11.5 Å². The second-order valence-electron chi connectivity index (χ2n) is 7.33. The minimum atomic E-state index is -0.370. The lowest BCUT2D eigenvalue weighted by atomic mass is 9.98. The van der Waals surface area contributed by atoms with Gasteiger partial charge in [-0.2, -0.15) is 0 Å². The maximum atomic E-state index is 12.0. The molecule has 1 atom stereocenters. The van der Waals surface area contributed by atoms with E-state index >= 15 is 0 Å². The SMILES string of the molecule is C[C@@H](N)Cc1cc2c(c(C(N)=O)c1)N(CCCOCc1ccccc1)CC2. The van der Waals surface area contributed by atoms with Crippen LogP contribution in [-0.2, 0) is 24.2 Å². The first-order chi connectivity index (χ1) is 13.0. The molecule has 0 bridgehead atoms. The molecule has 5 heteroatoms. The van der Waals surface area contributed by atoms with Crippen LogP contribution < -0.4 is 16.4 Å². The summed E-state index contributed by atoms with van der Waals surface area (Å²) in [4.78, 5) is 14.3. The van der Waals surface area contributed by atoms with Gasteiger partial charge < -0.3 is 21.1 Å². The van der Waals surface area contributed by atoms with E-state index in [0.717, 1.165) is 43.6 Å². The van der Waals surface area contributed by atoms with Crippen LogP contribution in [0.1, 0.15) is 40.4 Å². The average Bonchev–Trinajstić information content (AvgIpc) is 3.04. The molecule has 3 rings (SSSR count). The maximum Gasteiger partial charge on any atom is 0.250 e. The van der Waals surface area contributed by atoms with Gasteiger partial charge in [0.1, 0.15) is 0 Å². The molecule has 1 amide bonds. The smallest absolute Gasteiger partial charge is 0.250 e. The number of hydrogen-bond donors (Lipinski definition) is 2. The van der Waals surface area contributed by atoms with Crippen LogP contribution in [0.15, 0.2) is 42.5 Å². The number of hydrogen-bond acceptors (Lipinski definition) is 4. The molecule has 0 aromatic heterocycles. The van der Waals surface area contributed by atoms with Gasteiger partial charge >= 0.3 is 0 Å². The van der Waals surface area contributed by atoms with Crippen molar-refractivity contribution in [1.29, 1.82) is 0 Å². The Morgan fingerprint density at radius 1 is 1.22 bits per heavy atom. The summed E-state index contributed by atoms with van der Waals surface area (Å²) in [6.45, 7) is 5.06. The Hall–Kier alpha value is -2.37. The van der Waals surface area contributed by atoms with Gasteiger partial charge in [-0.25, -0.2) is 0 Å². The number of nitrogens with zero attached hydrogens (tertiary/aromatic N) is 1. The molecule has 2 aromatic carbocycles. The molecule has 1 aliphatic heterocycles. The largest absolute Gasteiger partial charge is 0.377 e. The number of nitrogens with two attached hydrogens (primary N) is 2. The van der Waals surface area contributed by atoms with E-state index in [-0.39, 0.29) is 11.9 Å². The topological polar surface area (TPSA) is 81.6 Å². The summed E-state index contributed by atoms with van der Waals surface area (Å²) in [5.74, 6) is -0.370. The summed E-state index contributed by atoms with van der Waals surface area (Å²) in [5, 5.41) is 0. The lowest BCUT2D eigenvalue weighted by Crippen LogP contribution is -2.26. The molecular formula is C22H29N3O2. The molecule has 1 aliphatic rings. The Labute approximate surface area is 161 Å². The number of primary amides is 1. The van der Waals surface area contributed by atoms with E-state index in [2.05, 4.69) is 23.1 Å². The molecule has 5 nitrogen and oxygen atoms in total. The van der Waals surface area contributed by atoms with E-state index in [4.69, 9.17) is 16.2 Å². The monoisotopic (exact) mass is 367 g/mol. The van der Waals surface area contributed by atoms with Gasteiger partial charge in [-0.3, -0.25) is 4.79 Å². The Bertz CT molecular complexity index is 775. The first kappa shape index (κ1) is 19.4. The van der Waals surface area contributed by atoms with Crippen molar-refractivity contribution in [3.05, 3.63) is 64.7 Å². The van der Waals surface area contributed by atoms with Gasteiger partial charge in [0.25, 0.3) is 5.91 Å². The highest BCUT2D eigenvalue weighted by molar-refractivity contribution is 6.00. The highest BCUT2D eigenvalue weighted by Gasteiger charge is 2.25. The van der Waals surface area contributed by atoms with Gasteiger partial charge in [-0.15, -0.1) is 0 Å². The summed E-state index contributed by atoms with van der Waals surface area (Å²) in [6, 6.07) is 14.3. The van der Waals surface area contributed by atoms with E-state index in [1.165, 1.54) is 11.1 Å². The molecule has 144 valence electrons. The summed E-state index contributed by atoms with van der Waals surface area (Å²) in [5.41, 5.74) is 16.7. The van der Waals surface area contributed by atoms with Crippen LogP contribution >= 0.6 is 0 Å². The fourth-order valence-electron chi connectivity index (χ4n) is 3.71. The molecule has 0 saturated carbocycles. The number of benzene rings is 2. The van der Waals surface area contributed by atoms with Gasteiger partial charge in [-0.05, 0) is 48.9 Å². The predicted molar refractivity (Wildman–Crippen MR) is 109 cm³/mol. The van der Waals surface area contributed by atoms with E-state index in [1.807, 2.05) is 31.2 Å². The number of anilines is 1. The lowest BCUT2D eigenvalue weighted by molar-refractivity contribution is 0.100. The molecule has 2 aromatic rings. The molecule has 0 aliphatic carbocycles. The average molecular weight is 367 g/mol. The summed E-state index contributed by atoms with van der Waals surface area (Å²) in [6.07, 6.45) is 2.60. The van der Waals surface area contributed by atoms with Crippen LogP contribution in [0, 0.1) is 0 Å². The van der Waals surface area contributed by atoms with Gasteiger partial charge in [0.15, 0.2) is 0 Å². The van der Waals surface area contributed by atoms with E-state index < -0.39 is 0 Å². The fraction of sp³-hybridized carbons (Fsp3) is 0.409. The van der Waals surface area contributed by atoms with E-state index in [0.29, 0.717) is 18.8 Å². The van der Waals surface area contributed by atoms with Gasteiger partial charge in [0.2, 0.25) is 0 Å². The number of carbonyl (C=O) groups is 1. The number of carbonyl (C=O) groups excluding carboxylic acids is 1. The summed E-state index contributed by atoms with van der Waals surface area (Å²) < 4.78 is 5.78. The van der Waals surface area contributed by atoms with Crippen LogP contribution in [-0.4, -0.2) is 31.6 Å². The standard InChI is InChI=1S/C22H29N3O2/c1-16(23)12-18-13-19-8-10-25(21(19)20(14-18)22(24)26)9-5-11-27-15-17-6-3-2-4-7-17/h2-4,6-7,13-14,16H,5,8-12,15,23H2,1H3,(H2,24,26)/t16-/m1/s1. The Kier molecular flexibility index (Phi) is 6.48. The zero-order valence-corrected chi connectivity index (χ0v) is 16.0. The Morgan fingerprint density at radius 3 is 2.70 bits per heavy atom. The number of amides is 1. The third-order valence-corrected chi connectivity index (χ3v) is 4.87. The van der Waals surface area contributed by atoms with Gasteiger partial charge in [-0.1, -0.05) is 36.4 Å². The van der Waals surface area contributed by atoms with Crippen molar-refractivity contribution < 1.29 is 9.53 Å². The van der Waals surface area contributed by atoms with Crippen LogP contribution in [0.3, 0.4) is 0 Å². The predicted octanol–water partition coefficient (Wildman–Crippen LogP) is 2.64. The molecule has 0 radical (unpaired) electrons. The highest BCUT2D eigenvalue weighted by Crippen LogP contribution is 2.33. The van der Waals surface area contributed by atoms with Crippen LogP contribution in [0.25, 0.3) is 0 Å². The number of ether oxygens (including phenoxy) is 1. The maximum absolute atomic E-state index is 12.0. The quantitative estimate of drug-likeness (QED) is 0.668. The van der Waals surface area contributed by atoms with Crippen molar-refractivity contribution >= 4 is 11.6 Å². The summed E-state index contributed by atoms with van der Waals surface area (Å²) in [7, 11) is 0. The van der Waals surface area contributed by atoms with Crippen molar-refractivity contribution in [2.45, 2.75) is 38.8 Å². The normalized spacial score (nSPS) is 14.2. The van der Waals surface area contributed by atoms with Crippen molar-refractivity contribution in [1.82, 2.24) is 0 Å². The molecule has 1 heterocycles. The zero-order valence-electron chi connectivity index (χ0n) is 16.0. The molecule has 0 spiro atoms. The van der Waals surface area contributed by atoms with Crippen LogP contribution in [0.5, 0.6) is 0 Å². The molecular weight excluding hydrogens is 338 g/mol. The first-order valence-electron chi connectivity index (χ1n) is 9.62. The van der Waals surface area contributed by atoms with Gasteiger partial charge in [0, 0.05) is 25.7 Å². The first-order valence-corrected chi connectivity index (χ1v) is 9.62. The molecule has 27 heavy (non-hydrogen) atoms. The van der Waals surface area contributed by atoms with Crippen molar-refractivity contribution in [3.63, 3.8) is 0 Å². The minimum absolute atomic E-state index is 0.0584. The minimum Gasteiger partial charge on any atom is -0.377 e. The van der Waals surface area contributed by atoms with Crippen LogP contribution in [0.2, 0.25) is 0 Å². The molecule has 0 unspecified atom stereocenters. The molecule has 0 fully saturated rings. The van der Waals surface area contributed by atoms with Crippen molar-refractivity contribution in [2.75, 3.05) is 24.6 Å². The second-order valence-corrected chi connectivity index (χ2v) is 7.33. The van der Waals surface area contributed by atoms with Gasteiger partial charge in [0.05, 0.1) is 17.9 Å².